The highest BCUT2D eigenvalue weighted by Crippen LogP contribution is 2.34. The Morgan fingerprint density at radius 2 is 2.00 bits per heavy atom. The predicted octanol–water partition coefficient (Wildman–Crippen LogP) is 0.708. The van der Waals surface area contributed by atoms with E-state index >= 15 is 0 Å². The van der Waals surface area contributed by atoms with Crippen molar-refractivity contribution in [3.8, 4) is 0 Å². The number of hydrogen-bond donors (Lipinski definition) is 1. The van der Waals surface area contributed by atoms with Crippen molar-refractivity contribution in [3.05, 3.63) is 0 Å². The molecule has 2 heterocycles. The molecule has 0 atom stereocenters. The third-order valence-corrected chi connectivity index (χ3v) is 3.73. The molecule has 0 aromatic rings. The van der Waals surface area contributed by atoms with Gasteiger partial charge in [-0.25, -0.2) is 0 Å². The summed E-state index contributed by atoms with van der Waals surface area (Å²) in [5.74, 6) is 0. The monoisotopic (exact) mass is 198 g/mol. The molecule has 2 saturated heterocycles. The van der Waals surface area contributed by atoms with Crippen LogP contribution in [0.4, 0.5) is 0 Å². The van der Waals surface area contributed by atoms with Crippen LogP contribution in [0, 0.1) is 5.41 Å². The second kappa shape index (κ2) is 4.60. The van der Waals surface area contributed by atoms with Crippen LogP contribution in [-0.4, -0.2) is 50.8 Å². The molecule has 14 heavy (non-hydrogen) atoms. The van der Waals surface area contributed by atoms with Crippen LogP contribution < -0.4 is 5.32 Å². The van der Waals surface area contributed by atoms with E-state index in [1.165, 1.54) is 32.5 Å². The molecule has 82 valence electrons. The van der Waals surface area contributed by atoms with E-state index in [1.807, 2.05) is 0 Å². The molecular weight excluding hydrogens is 176 g/mol. The molecule has 0 bridgehead atoms. The molecule has 0 amide bonds. The summed E-state index contributed by atoms with van der Waals surface area (Å²) in [6, 6.07) is 0. The number of hydrogen-bond acceptors (Lipinski definition) is 3. The first-order valence-electron chi connectivity index (χ1n) is 5.85. The van der Waals surface area contributed by atoms with Gasteiger partial charge in [0.15, 0.2) is 0 Å². The molecule has 1 N–H and O–H groups in total. The van der Waals surface area contributed by atoms with E-state index in [2.05, 4.69) is 17.1 Å². The molecule has 0 aromatic carbocycles. The minimum absolute atomic E-state index is 0.533. The van der Waals surface area contributed by atoms with Crippen LogP contribution in [-0.2, 0) is 4.74 Å². The van der Waals surface area contributed by atoms with E-state index in [4.69, 9.17) is 4.74 Å². The van der Waals surface area contributed by atoms with Crippen LogP contribution in [0.15, 0.2) is 0 Å². The Kier molecular flexibility index (Phi) is 3.42. The van der Waals surface area contributed by atoms with Crippen LogP contribution in [0.2, 0.25) is 0 Å². The summed E-state index contributed by atoms with van der Waals surface area (Å²) in [6.07, 6.45) is 2.60. The van der Waals surface area contributed by atoms with E-state index in [1.54, 1.807) is 0 Å². The Morgan fingerprint density at radius 1 is 1.29 bits per heavy atom. The van der Waals surface area contributed by atoms with Crippen LogP contribution in [0.25, 0.3) is 0 Å². The topological polar surface area (TPSA) is 24.5 Å². The maximum atomic E-state index is 5.34. The van der Waals surface area contributed by atoms with Gasteiger partial charge in [0.05, 0.1) is 13.2 Å². The second-order valence-electron chi connectivity index (χ2n) is 4.69. The molecule has 2 aliphatic heterocycles. The summed E-state index contributed by atoms with van der Waals surface area (Å²) in [4.78, 5) is 2.58. The lowest BCUT2D eigenvalue weighted by Crippen LogP contribution is -2.48. The molecule has 3 nitrogen and oxygen atoms in total. The molecule has 2 rings (SSSR count). The van der Waals surface area contributed by atoms with E-state index in [9.17, 15) is 0 Å². The summed E-state index contributed by atoms with van der Waals surface area (Å²) in [5.41, 5.74) is 0.533. The minimum Gasteiger partial charge on any atom is -0.380 e. The van der Waals surface area contributed by atoms with Gasteiger partial charge in [-0.15, -0.1) is 0 Å². The van der Waals surface area contributed by atoms with Crippen LogP contribution >= 0.6 is 0 Å². The molecule has 0 aliphatic carbocycles. The molecule has 0 radical (unpaired) electrons. The highest BCUT2D eigenvalue weighted by atomic mass is 16.5. The molecule has 3 heteroatoms. The number of ether oxygens (including phenoxy) is 1. The van der Waals surface area contributed by atoms with Gasteiger partial charge < -0.3 is 15.0 Å². The maximum Gasteiger partial charge on any atom is 0.0545 e. The van der Waals surface area contributed by atoms with Crippen LogP contribution in [0.5, 0.6) is 0 Å². The van der Waals surface area contributed by atoms with E-state index in [-0.39, 0.29) is 0 Å². The fourth-order valence-corrected chi connectivity index (χ4v) is 2.25. The average molecular weight is 198 g/mol. The van der Waals surface area contributed by atoms with Crippen LogP contribution in [0.1, 0.15) is 19.8 Å². The lowest BCUT2D eigenvalue weighted by Gasteiger charge is -2.42. The van der Waals surface area contributed by atoms with E-state index in [0.717, 1.165) is 26.3 Å². The van der Waals surface area contributed by atoms with Gasteiger partial charge in [0.25, 0.3) is 0 Å². The van der Waals surface area contributed by atoms with Gasteiger partial charge in [0, 0.05) is 31.6 Å². The van der Waals surface area contributed by atoms with Gasteiger partial charge in [-0.05, 0) is 19.4 Å². The number of nitrogens with zero attached hydrogens (tertiary/aromatic N) is 1. The molecule has 0 aromatic heterocycles. The van der Waals surface area contributed by atoms with E-state index in [0.29, 0.717) is 5.41 Å². The van der Waals surface area contributed by atoms with Crippen molar-refractivity contribution < 1.29 is 4.74 Å². The van der Waals surface area contributed by atoms with E-state index < -0.39 is 0 Å². The highest BCUT2D eigenvalue weighted by Gasteiger charge is 2.36. The molecule has 0 unspecified atom stereocenters. The summed E-state index contributed by atoms with van der Waals surface area (Å²) in [5, 5.41) is 3.39. The Balaban J connectivity index is 1.69. The standard InChI is InChI=1S/C11H22N2O/c1-2-11(9-14-10-11)3-6-13-7-4-12-5-8-13/h12H,2-10H2,1H3. The fraction of sp³-hybridized carbons (Fsp3) is 1.00. The quantitative estimate of drug-likeness (QED) is 0.720. The van der Waals surface area contributed by atoms with Gasteiger partial charge in [-0.3, -0.25) is 0 Å². The molecule has 0 saturated carbocycles. The lowest BCUT2D eigenvalue weighted by atomic mass is 9.80. The van der Waals surface area contributed by atoms with Crippen molar-refractivity contribution >= 4 is 0 Å². The second-order valence-corrected chi connectivity index (χ2v) is 4.69. The van der Waals surface area contributed by atoms with Gasteiger partial charge in [0.1, 0.15) is 0 Å². The van der Waals surface area contributed by atoms with Gasteiger partial charge >= 0.3 is 0 Å². The molecule has 2 fully saturated rings. The summed E-state index contributed by atoms with van der Waals surface area (Å²) >= 11 is 0. The van der Waals surface area contributed by atoms with Crippen molar-refractivity contribution in [2.75, 3.05) is 45.9 Å². The SMILES string of the molecule is CCC1(CCN2CCNCC2)COC1. The smallest absolute Gasteiger partial charge is 0.0545 e. The van der Waals surface area contributed by atoms with Crippen molar-refractivity contribution in [2.45, 2.75) is 19.8 Å². The molecular formula is C11H22N2O. The third kappa shape index (κ3) is 2.27. The zero-order chi connectivity index (χ0) is 9.86. The van der Waals surface area contributed by atoms with Gasteiger partial charge in [0.2, 0.25) is 0 Å². The fourth-order valence-electron chi connectivity index (χ4n) is 2.25. The third-order valence-electron chi connectivity index (χ3n) is 3.73. The number of piperazine rings is 1. The molecule has 0 spiro atoms. The van der Waals surface area contributed by atoms with Gasteiger partial charge in [-0.2, -0.15) is 0 Å². The first kappa shape index (κ1) is 10.4. The van der Waals surface area contributed by atoms with Crippen molar-refractivity contribution in [1.82, 2.24) is 10.2 Å². The Labute approximate surface area is 86.8 Å². The zero-order valence-corrected chi connectivity index (χ0v) is 9.22. The lowest BCUT2D eigenvalue weighted by molar-refractivity contribution is -0.122. The van der Waals surface area contributed by atoms with Crippen molar-refractivity contribution in [1.29, 1.82) is 0 Å². The van der Waals surface area contributed by atoms with Crippen molar-refractivity contribution in [3.63, 3.8) is 0 Å². The number of rotatable bonds is 4. The summed E-state index contributed by atoms with van der Waals surface area (Å²) in [7, 11) is 0. The Bertz CT molecular complexity index is 169. The van der Waals surface area contributed by atoms with Crippen LogP contribution in [0.3, 0.4) is 0 Å². The normalized spacial score (nSPS) is 27.2. The number of nitrogens with one attached hydrogen (secondary N) is 1. The predicted molar refractivity (Wildman–Crippen MR) is 57.5 cm³/mol. The summed E-state index contributed by atoms with van der Waals surface area (Å²) < 4.78 is 5.34. The molecule has 2 aliphatic rings. The highest BCUT2D eigenvalue weighted by molar-refractivity contribution is 4.85. The van der Waals surface area contributed by atoms with Gasteiger partial charge in [-0.1, -0.05) is 6.92 Å². The van der Waals surface area contributed by atoms with Crippen molar-refractivity contribution in [2.24, 2.45) is 5.41 Å². The first-order valence-corrected chi connectivity index (χ1v) is 5.85. The average Bonchev–Trinajstić information content (AvgIpc) is 2.19. The maximum absolute atomic E-state index is 5.34. The first-order chi connectivity index (χ1) is 6.85. The largest absolute Gasteiger partial charge is 0.380 e. The minimum atomic E-state index is 0.533. The Morgan fingerprint density at radius 3 is 2.50 bits per heavy atom. The Hall–Kier alpha value is -0.120. The summed E-state index contributed by atoms with van der Waals surface area (Å²) in [6.45, 7) is 10.3. The zero-order valence-electron chi connectivity index (χ0n) is 9.22.